The molecule has 0 aromatic heterocycles. The van der Waals surface area contributed by atoms with Gasteiger partial charge in [-0.25, -0.2) is 4.79 Å². The molecule has 0 unspecified atom stereocenters. The lowest BCUT2D eigenvalue weighted by Gasteiger charge is -2.14. The van der Waals surface area contributed by atoms with Gasteiger partial charge >= 0.3 is 6.09 Å². The lowest BCUT2D eigenvalue weighted by atomic mass is 9.98. The fourth-order valence-electron chi connectivity index (χ4n) is 4.13. The third-order valence-corrected chi connectivity index (χ3v) is 5.65. The molecular weight excluding hydrogens is 370 g/mol. The van der Waals surface area contributed by atoms with Crippen molar-refractivity contribution in [3.8, 4) is 11.1 Å². The monoisotopic (exact) mass is 397 g/mol. The van der Waals surface area contributed by atoms with Crippen LogP contribution in [0.1, 0.15) is 40.2 Å². The first-order valence-corrected chi connectivity index (χ1v) is 10.5. The van der Waals surface area contributed by atoms with E-state index >= 15 is 0 Å². The number of benzene rings is 3. The fraction of sp³-hybridized carbons (Fsp3) is 0.222. The van der Waals surface area contributed by atoms with Gasteiger partial charge in [-0.1, -0.05) is 84.4 Å². The van der Waals surface area contributed by atoms with E-state index in [1.807, 2.05) is 12.1 Å². The minimum absolute atomic E-state index is 0.0903. The van der Waals surface area contributed by atoms with Gasteiger partial charge in [0.2, 0.25) is 0 Å². The molecule has 0 spiro atoms. The molecule has 0 heterocycles. The second kappa shape index (κ2) is 9.00. The molecule has 0 atom stereocenters. The number of aryl methyl sites for hydroxylation is 2. The van der Waals surface area contributed by atoms with Gasteiger partial charge in [-0.3, -0.25) is 0 Å². The summed E-state index contributed by atoms with van der Waals surface area (Å²) >= 11 is 0. The van der Waals surface area contributed by atoms with Gasteiger partial charge in [-0.05, 0) is 53.6 Å². The first-order chi connectivity index (χ1) is 14.6. The van der Waals surface area contributed by atoms with Gasteiger partial charge < -0.3 is 10.1 Å². The number of carbonyl (C=O) groups excluding carboxylic acids is 1. The normalized spacial score (nSPS) is 12.6. The number of ether oxygens (including phenoxy) is 1. The molecule has 3 nitrogen and oxygen atoms in total. The van der Waals surface area contributed by atoms with Gasteiger partial charge in [0, 0.05) is 12.5 Å². The maximum Gasteiger partial charge on any atom is 0.407 e. The lowest BCUT2D eigenvalue weighted by Crippen LogP contribution is -2.26. The van der Waals surface area contributed by atoms with Crippen molar-refractivity contribution in [2.45, 2.75) is 26.2 Å². The summed E-state index contributed by atoms with van der Waals surface area (Å²) in [5.41, 5.74) is 8.65. The van der Waals surface area contributed by atoms with Crippen molar-refractivity contribution in [3.05, 3.63) is 101 Å². The van der Waals surface area contributed by atoms with Crippen molar-refractivity contribution in [2.75, 3.05) is 13.2 Å². The first-order valence-electron chi connectivity index (χ1n) is 10.5. The van der Waals surface area contributed by atoms with Crippen LogP contribution >= 0.6 is 0 Å². The van der Waals surface area contributed by atoms with E-state index < -0.39 is 0 Å². The fourth-order valence-corrected chi connectivity index (χ4v) is 4.13. The Morgan fingerprint density at radius 3 is 2.30 bits per heavy atom. The van der Waals surface area contributed by atoms with E-state index in [1.54, 1.807) is 0 Å². The molecule has 1 aliphatic carbocycles. The zero-order chi connectivity index (χ0) is 20.9. The average Bonchev–Trinajstić information content (AvgIpc) is 3.07. The molecule has 0 saturated heterocycles. The Morgan fingerprint density at radius 2 is 1.63 bits per heavy atom. The summed E-state index contributed by atoms with van der Waals surface area (Å²) < 4.78 is 5.56. The Hall–Kier alpha value is -3.33. The molecule has 3 aromatic rings. The van der Waals surface area contributed by atoms with Gasteiger partial charge in [-0.15, -0.1) is 0 Å². The van der Waals surface area contributed by atoms with Crippen molar-refractivity contribution in [2.24, 2.45) is 0 Å². The molecule has 4 rings (SSSR count). The molecule has 0 fully saturated rings. The van der Waals surface area contributed by atoms with Crippen LogP contribution in [0.25, 0.3) is 17.2 Å². The predicted molar refractivity (Wildman–Crippen MR) is 123 cm³/mol. The number of carbonyl (C=O) groups is 1. The van der Waals surface area contributed by atoms with Gasteiger partial charge in [-0.2, -0.15) is 0 Å². The maximum absolute atomic E-state index is 12.2. The predicted octanol–water partition coefficient (Wildman–Crippen LogP) is 6.25. The van der Waals surface area contributed by atoms with E-state index in [1.165, 1.54) is 38.9 Å². The molecule has 3 aromatic carbocycles. The highest BCUT2D eigenvalue weighted by molar-refractivity contribution is 5.79. The van der Waals surface area contributed by atoms with Crippen molar-refractivity contribution < 1.29 is 9.53 Å². The highest BCUT2D eigenvalue weighted by Gasteiger charge is 2.28. The highest BCUT2D eigenvalue weighted by atomic mass is 16.5. The molecule has 1 aliphatic rings. The SMILES string of the molecule is Cc1ccc(C=CCCNC(=O)OCC2c3ccccc3-c3ccccc32)c(C)c1. The van der Waals surface area contributed by atoms with Crippen molar-refractivity contribution in [1.29, 1.82) is 0 Å². The van der Waals surface area contributed by atoms with E-state index in [0.29, 0.717) is 13.2 Å². The second-order valence-corrected chi connectivity index (χ2v) is 7.80. The standard InChI is InChI=1S/C27H27NO2/c1-19-14-15-21(20(2)17-19)9-7-8-16-28-27(29)30-18-26-24-12-5-3-10-22(24)23-11-4-6-13-25(23)26/h3-7,9-15,17,26H,8,16,18H2,1-2H3,(H,28,29). The van der Waals surface area contributed by atoms with E-state index in [-0.39, 0.29) is 12.0 Å². The molecular formula is C27H27NO2. The Labute approximate surface area is 178 Å². The third-order valence-electron chi connectivity index (χ3n) is 5.65. The van der Waals surface area contributed by atoms with Crippen LogP contribution in [0, 0.1) is 13.8 Å². The second-order valence-electron chi connectivity index (χ2n) is 7.80. The van der Waals surface area contributed by atoms with Gasteiger partial charge in [0.15, 0.2) is 0 Å². The van der Waals surface area contributed by atoms with Crippen LogP contribution in [-0.4, -0.2) is 19.2 Å². The van der Waals surface area contributed by atoms with Crippen LogP contribution in [-0.2, 0) is 4.74 Å². The van der Waals surface area contributed by atoms with Gasteiger partial charge in [0.1, 0.15) is 6.61 Å². The van der Waals surface area contributed by atoms with E-state index in [9.17, 15) is 4.79 Å². The maximum atomic E-state index is 12.2. The average molecular weight is 398 g/mol. The molecule has 30 heavy (non-hydrogen) atoms. The van der Waals surface area contributed by atoms with Crippen LogP contribution in [0.4, 0.5) is 4.79 Å². The smallest absolute Gasteiger partial charge is 0.407 e. The number of rotatable bonds is 6. The Balaban J connectivity index is 1.28. The van der Waals surface area contributed by atoms with Crippen molar-refractivity contribution >= 4 is 12.2 Å². The molecule has 0 bridgehead atoms. The van der Waals surface area contributed by atoms with Crippen LogP contribution in [0.5, 0.6) is 0 Å². The first kappa shape index (κ1) is 20.0. The molecule has 1 N–H and O–H groups in total. The molecule has 3 heteroatoms. The number of hydrogen-bond donors (Lipinski definition) is 1. The van der Waals surface area contributed by atoms with Crippen LogP contribution in [0.2, 0.25) is 0 Å². The summed E-state index contributed by atoms with van der Waals surface area (Å²) in [7, 11) is 0. The quantitative estimate of drug-likeness (QED) is 0.500. The van der Waals surface area contributed by atoms with Gasteiger partial charge in [0.05, 0.1) is 0 Å². The highest BCUT2D eigenvalue weighted by Crippen LogP contribution is 2.44. The Bertz CT molecular complexity index is 1040. The number of nitrogens with one attached hydrogen (secondary N) is 1. The van der Waals surface area contributed by atoms with Crippen LogP contribution < -0.4 is 5.32 Å². The molecule has 152 valence electrons. The largest absolute Gasteiger partial charge is 0.449 e. The summed E-state index contributed by atoms with van der Waals surface area (Å²) in [5, 5.41) is 2.85. The van der Waals surface area contributed by atoms with Crippen LogP contribution in [0.3, 0.4) is 0 Å². The minimum atomic E-state index is -0.364. The minimum Gasteiger partial charge on any atom is -0.449 e. The molecule has 0 aliphatic heterocycles. The lowest BCUT2D eigenvalue weighted by molar-refractivity contribution is 0.143. The molecule has 1 amide bonds. The van der Waals surface area contributed by atoms with E-state index in [0.717, 1.165) is 6.42 Å². The molecule has 0 radical (unpaired) electrons. The summed E-state index contributed by atoms with van der Waals surface area (Å²) in [6.07, 6.45) is 4.59. The number of fused-ring (bicyclic) bond motifs is 3. The van der Waals surface area contributed by atoms with E-state index in [2.05, 4.69) is 85.9 Å². The summed E-state index contributed by atoms with van der Waals surface area (Å²) in [6, 6.07) is 23.1. The topological polar surface area (TPSA) is 38.3 Å². The molecule has 0 saturated carbocycles. The van der Waals surface area contributed by atoms with Crippen molar-refractivity contribution in [1.82, 2.24) is 5.32 Å². The number of alkyl carbamates (subject to hydrolysis) is 1. The summed E-state index contributed by atoms with van der Waals surface area (Å²) in [4.78, 5) is 12.2. The Morgan fingerprint density at radius 1 is 0.967 bits per heavy atom. The Kier molecular flexibility index (Phi) is 5.99. The third kappa shape index (κ3) is 4.30. The number of amides is 1. The van der Waals surface area contributed by atoms with Gasteiger partial charge in [0.25, 0.3) is 0 Å². The number of hydrogen-bond acceptors (Lipinski definition) is 2. The zero-order valence-corrected chi connectivity index (χ0v) is 17.5. The summed E-state index contributed by atoms with van der Waals surface area (Å²) in [6.45, 7) is 5.11. The zero-order valence-electron chi connectivity index (χ0n) is 17.5. The summed E-state index contributed by atoms with van der Waals surface area (Å²) in [5.74, 6) is 0.0903. The van der Waals surface area contributed by atoms with E-state index in [4.69, 9.17) is 4.74 Å². The van der Waals surface area contributed by atoms with Crippen molar-refractivity contribution in [3.63, 3.8) is 0 Å². The van der Waals surface area contributed by atoms with Crippen LogP contribution in [0.15, 0.2) is 72.8 Å².